The number of imidazole rings is 1. The largest absolute Gasteiger partial charge is 0.384 e. The van der Waals surface area contributed by atoms with Gasteiger partial charge in [-0.1, -0.05) is 0 Å². The molecule has 0 unspecified atom stereocenters. The molecular formula is C7H8N4. The van der Waals surface area contributed by atoms with Crippen LogP contribution >= 0.6 is 0 Å². The molecule has 2 heterocycles. The number of rotatable bonds is 0. The lowest BCUT2D eigenvalue weighted by molar-refractivity contribution is 1.23. The Morgan fingerprint density at radius 3 is 3.18 bits per heavy atom. The van der Waals surface area contributed by atoms with Gasteiger partial charge in [0.1, 0.15) is 11.3 Å². The normalized spacial score (nSPS) is 10.6. The number of nitrogens with two attached hydrogens (primary N) is 1. The van der Waals surface area contributed by atoms with Crippen molar-refractivity contribution in [3.63, 3.8) is 0 Å². The minimum absolute atomic E-state index is 0.527. The smallest absolute Gasteiger partial charge is 0.125 e. The van der Waals surface area contributed by atoms with Crippen LogP contribution in [0.5, 0.6) is 0 Å². The topological polar surface area (TPSA) is 67.6 Å². The van der Waals surface area contributed by atoms with Crippen LogP contribution < -0.4 is 5.73 Å². The highest BCUT2D eigenvalue weighted by Crippen LogP contribution is 2.13. The summed E-state index contributed by atoms with van der Waals surface area (Å²) in [6.07, 6.45) is 1.64. The maximum atomic E-state index is 5.52. The average molecular weight is 148 g/mol. The number of aryl methyl sites for hydroxylation is 1. The molecule has 0 saturated carbocycles. The molecule has 2 aromatic rings. The van der Waals surface area contributed by atoms with E-state index in [2.05, 4.69) is 15.0 Å². The van der Waals surface area contributed by atoms with Crippen molar-refractivity contribution in [2.75, 3.05) is 5.73 Å². The first kappa shape index (κ1) is 6.15. The van der Waals surface area contributed by atoms with Gasteiger partial charge in [-0.25, -0.2) is 9.97 Å². The molecule has 0 atom stereocenters. The zero-order chi connectivity index (χ0) is 7.84. The maximum Gasteiger partial charge on any atom is 0.125 e. The molecule has 0 aliphatic carbocycles. The Morgan fingerprint density at radius 2 is 2.36 bits per heavy atom. The minimum atomic E-state index is 0.527. The summed E-state index contributed by atoms with van der Waals surface area (Å²) in [7, 11) is 0. The van der Waals surface area contributed by atoms with E-state index < -0.39 is 0 Å². The molecule has 56 valence electrons. The summed E-state index contributed by atoms with van der Waals surface area (Å²) in [6, 6.07) is 1.77. The maximum absolute atomic E-state index is 5.52. The van der Waals surface area contributed by atoms with Crippen LogP contribution in [-0.4, -0.2) is 15.0 Å². The number of hydrogen-bond donors (Lipinski definition) is 2. The van der Waals surface area contributed by atoms with Crippen molar-refractivity contribution in [1.82, 2.24) is 15.0 Å². The predicted molar refractivity (Wildman–Crippen MR) is 43.0 cm³/mol. The van der Waals surface area contributed by atoms with E-state index in [-0.39, 0.29) is 0 Å². The number of nitrogens with one attached hydrogen (secondary N) is 1. The Morgan fingerprint density at radius 1 is 1.55 bits per heavy atom. The van der Waals surface area contributed by atoms with Gasteiger partial charge in [0.25, 0.3) is 0 Å². The molecule has 4 heteroatoms. The Hall–Kier alpha value is -1.58. The molecule has 2 aromatic heterocycles. The van der Waals surface area contributed by atoms with Crippen molar-refractivity contribution in [2.24, 2.45) is 0 Å². The van der Waals surface area contributed by atoms with E-state index in [0.717, 1.165) is 16.7 Å². The number of nitrogen functional groups attached to an aromatic ring is 1. The quantitative estimate of drug-likeness (QED) is 0.582. The van der Waals surface area contributed by atoms with E-state index >= 15 is 0 Å². The molecular weight excluding hydrogens is 140 g/mol. The fraction of sp³-hybridized carbons (Fsp3) is 0.143. The lowest BCUT2D eigenvalue weighted by atomic mass is 10.3. The van der Waals surface area contributed by atoms with E-state index in [0.29, 0.717) is 5.82 Å². The summed E-state index contributed by atoms with van der Waals surface area (Å²) >= 11 is 0. The summed E-state index contributed by atoms with van der Waals surface area (Å²) in [5, 5.41) is 0. The Kier molecular flexibility index (Phi) is 1.09. The molecule has 3 N–H and O–H groups in total. The lowest BCUT2D eigenvalue weighted by Gasteiger charge is -1.95. The summed E-state index contributed by atoms with van der Waals surface area (Å²) in [5.74, 6) is 0.527. The average Bonchev–Trinajstić information content (AvgIpc) is 2.34. The van der Waals surface area contributed by atoms with Gasteiger partial charge in [-0.3, -0.25) is 0 Å². The number of H-pyrrole nitrogens is 1. The predicted octanol–water partition coefficient (Wildman–Crippen LogP) is 0.849. The van der Waals surface area contributed by atoms with Crippen molar-refractivity contribution in [1.29, 1.82) is 0 Å². The van der Waals surface area contributed by atoms with Crippen LogP contribution in [0.25, 0.3) is 11.0 Å². The second kappa shape index (κ2) is 1.95. The van der Waals surface area contributed by atoms with Crippen LogP contribution in [-0.2, 0) is 0 Å². The van der Waals surface area contributed by atoms with Crippen molar-refractivity contribution in [2.45, 2.75) is 6.92 Å². The fourth-order valence-electron chi connectivity index (χ4n) is 1.13. The van der Waals surface area contributed by atoms with Gasteiger partial charge < -0.3 is 10.7 Å². The number of aromatic amines is 1. The molecule has 0 aliphatic rings. The van der Waals surface area contributed by atoms with Crippen LogP contribution in [0, 0.1) is 6.92 Å². The number of fused-ring (bicyclic) bond motifs is 1. The molecule has 0 spiro atoms. The standard InChI is InChI=1S/C7H8N4/c1-4-7-5(9-3-10-7)2-6(8)11-4/h2-3H,1H3,(H2,8,11)(H,9,10). The Bertz CT molecular complexity index is 390. The van der Waals surface area contributed by atoms with Crippen LogP contribution in [0.15, 0.2) is 12.4 Å². The van der Waals surface area contributed by atoms with E-state index in [1.165, 1.54) is 0 Å². The van der Waals surface area contributed by atoms with Gasteiger partial charge >= 0.3 is 0 Å². The summed E-state index contributed by atoms with van der Waals surface area (Å²) in [4.78, 5) is 11.1. The lowest BCUT2D eigenvalue weighted by Crippen LogP contribution is -1.92. The highest BCUT2D eigenvalue weighted by molar-refractivity contribution is 5.78. The summed E-state index contributed by atoms with van der Waals surface area (Å²) < 4.78 is 0. The third-order valence-corrected chi connectivity index (χ3v) is 1.60. The Balaban J connectivity index is 2.91. The van der Waals surface area contributed by atoms with Crippen LogP contribution in [0.4, 0.5) is 5.82 Å². The van der Waals surface area contributed by atoms with E-state index in [1.54, 1.807) is 12.4 Å². The van der Waals surface area contributed by atoms with Gasteiger partial charge in [-0.15, -0.1) is 0 Å². The minimum Gasteiger partial charge on any atom is -0.384 e. The van der Waals surface area contributed by atoms with Crippen molar-refractivity contribution in [3.05, 3.63) is 18.1 Å². The molecule has 0 aromatic carbocycles. The molecule has 0 bridgehead atoms. The number of hydrogen-bond acceptors (Lipinski definition) is 3. The molecule has 2 rings (SSSR count). The number of anilines is 1. The molecule has 0 radical (unpaired) electrons. The molecule has 0 amide bonds. The zero-order valence-corrected chi connectivity index (χ0v) is 6.13. The second-order valence-corrected chi connectivity index (χ2v) is 2.43. The van der Waals surface area contributed by atoms with Gasteiger partial charge in [-0.2, -0.15) is 0 Å². The third kappa shape index (κ3) is 0.832. The highest BCUT2D eigenvalue weighted by atomic mass is 14.9. The zero-order valence-electron chi connectivity index (χ0n) is 6.13. The first-order chi connectivity index (χ1) is 5.27. The Labute approximate surface area is 63.5 Å². The highest BCUT2D eigenvalue weighted by Gasteiger charge is 2.00. The van der Waals surface area contributed by atoms with Crippen LogP contribution in [0.1, 0.15) is 5.69 Å². The molecule has 0 aliphatic heterocycles. The van der Waals surface area contributed by atoms with Crippen LogP contribution in [0.2, 0.25) is 0 Å². The monoisotopic (exact) mass is 148 g/mol. The van der Waals surface area contributed by atoms with E-state index in [9.17, 15) is 0 Å². The SMILES string of the molecule is Cc1nc(N)cc2[nH]cnc12. The number of nitrogens with zero attached hydrogens (tertiary/aromatic N) is 2. The van der Waals surface area contributed by atoms with Gasteiger partial charge in [0.05, 0.1) is 17.5 Å². The van der Waals surface area contributed by atoms with Crippen molar-refractivity contribution in [3.8, 4) is 0 Å². The summed E-state index contributed by atoms with van der Waals surface area (Å²) in [5.41, 5.74) is 8.22. The molecule has 11 heavy (non-hydrogen) atoms. The van der Waals surface area contributed by atoms with Gasteiger partial charge in [0.2, 0.25) is 0 Å². The van der Waals surface area contributed by atoms with E-state index in [4.69, 9.17) is 5.73 Å². The molecule has 0 fully saturated rings. The van der Waals surface area contributed by atoms with Crippen molar-refractivity contribution < 1.29 is 0 Å². The van der Waals surface area contributed by atoms with E-state index in [1.807, 2.05) is 6.92 Å². The van der Waals surface area contributed by atoms with Crippen LogP contribution in [0.3, 0.4) is 0 Å². The number of pyridine rings is 1. The van der Waals surface area contributed by atoms with Gasteiger partial charge in [-0.05, 0) is 6.92 Å². The molecule has 4 nitrogen and oxygen atoms in total. The second-order valence-electron chi connectivity index (χ2n) is 2.43. The van der Waals surface area contributed by atoms with Crippen molar-refractivity contribution >= 4 is 16.9 Å². The fourth-order valence-corrected chi connectivity index (χ4v) is 1.13. The first-order valence-electron chi connectivity index (χ1n) is 3.33. The third-order valence-electron chi connectivity index (χ3n) is 1.60. The molecule has 0 saturated heterocycles. The van der Waals surface area contributed by atoms with Gasteiger partial charge in [0.15, 0.2) is 0 Å². The van der Waals surface area contributed by atoms with Gasteiger partial charge in [0, 0.05) is 6.07 Å². The summed E-state index contributed by atoms with van der Waals surface area (Å²) in [6.45, 7) is 1.89. The first-order valence-corrected chi connectivity index (χ1v) is 3.33. The number of aromatic nitrogens is 3.